The van der Waals surface area contributed by atoms with Crippen LogP contribution in [0.4, 0.5) is 28.7 Å². The van der Waals surface area contributed by atoms with Crippen molar-refractivity contribution in [3.8, 4) is 0 Å². The highest BCUT2D eigenvalue weighted by atomic mass is 16.2. The predicted molar refractivity (Wildman–Crippen MR) is 205 cm³/mol. The van der Waals surface area contributed by atoms with Gasteiger partial charge in [0, 0.05) is 53.0 Å². The summed E-state index contributed by atoms with van der Waals surface area (Å²) in [6.07, 6.45) is 0. The fraction of sp³-hybridized carbons (Fsp3) is 0.333. The standard InChI is InChI=1S/C18H20N6O4.C12H14N2O2.C6H9N3O2/c1-9(2)8-24-15(25)10-6-5-7-11(12(10)16(24)26)20-21-13-14(19)22(3)18(28)23(4)17(13)27;1-7(2)6-14-11(15)8-4-3-5-9(13)10(8)12(14)16;1-8-4(7)3-5(10)9(2)6(8)11/h5-7,9H,8,19H2,1-4H3;3-5,7H,6,13H2,1-2H3;3H,7H2,1-2H3. The van der Waals surface area contributed by atoms with Gasteiger partial charge < -0.3 is 17.2 Å². The molecule has 0 bridgehead atoms. The number of amides is 4. The lowest BCUT2D eigenvalue weighted by Gasteiger charge is -2.15. The number of anilines is 3. The number of fused-ring (bicyclic) bond motifs is 2. The molecule has 19 heteroatoms. The minimum absolute atomic E-state index is 0.112. The number of aromatic nitrogens is 4. The molecule has 6 rings (SSSR count). The number of carbonyl (C=O) groups excluding carboxylic acids is 4. The molecule has 2 aliphatic rings. The van der Waals surface area contributed by atoms with Crippen LogP contribution >= 0.6 is 0 Å². The monoisotopic (exact) mass is 757 g/mol. The van der Waals surface area contributed by atoms with E-state index >= 15 is 0 Å². The normalized spacial score (nSPS) is 13.3. The summed E-state index contributed by atoms with van der Waals surface area (Å²) in [7, 11) is 5.62. The van der Waals surface area contributed by atoms with Crippen LogP contribution < -0.4 is 39.7 Å². The van der Waals surface area contributed by atoms with Crippen LogP contribution in [0.1, 0.15) is 69.1 Å². The van der Waals surface area contributed by atoms with Crippen LogP contribution in [0, 0.1) is 11.8 Å². The van der Waals surface area contributed by atoms with Gasteiger partial charge in [0.05, 0.1) is 27.9 Å². The zero-order valence-electron chi connectivity index (χ0n) is 31.7. The number of hydrogen-bond donors (Lipinski definition) is 3. The smallest absolute Gasteiger partial charge is 0.332 e. The molecule has 0 saturated carbocycles. The largest absolute Gasteiger partial charge is 0.398 e. The molecule has 0 atom stereocenters. The Bertz CT molecular complexity index is 2510. The van der Waals surface area contributed by atoms with E-state index in [1.807, 2.05) is 27.7 Å². The summed E-state index contributed by atoms with van der Waals surface area (Å²) in [5.41, 5.74) is 16.2. The van der Waals surface area contributed by atoms with Gasteiger partial charge in [-0.05, 0) is 36.1 Å². The topological polar surface area (TPSA) is 266 Å². The van der Waals surface area contributed by atoms with Crippen molar-refractivity contribution in [2.75, 3.05) is 30.3 Å². The fourth-order valence-electron chi connectivity index (χ4n) is 5.61. The first-order valence-electron chi connectivity index (χ1n) is 16.9. The van der Waals surface area contributed by atoms with Gasteiger partial charge in [-0.1, -0.05) is 39.8 Å². The summed E-state index contributed by atoms with van der Waals surface area (Å²) in [6.45, 7) is 8.47. The van der Waals surface area contributed by atoms with Crippen LogP contribution in [0.5, 0.6) is 0 Å². The van der Waals surface area contributed by atoms with Crippen molar-refractivity contribution in [1.82, 2.24) is 28.1 Å². The van der Waals surface area contributed by atoms with Crippen molar-refractivity contribution < 1.29 is 19.2 Å². The van der Waals surface area contributed by atoms with Crippen LogP contribution in [0.2, 0.25) is 0 Å². The highest BCUT2D eigenvalue weighted by Gasteiger charge is 2.38. The molecule has 55 heavy (non-hydrogen) atoms. The second kappa shape index (κ2) is 16.0. The van der Waals surface area contributed by atoms with E-state index in [0.717, 1.165) is 13.7 Å². The van der Waals surface area contributed by atoms with Crippen molar-refractivity contribution in [2.24, 2.45) is 50.3 Å². The Morgan fingerprint density at radius 2 is 1.07 bits per heavy atom. The first-order chi connectivity index (χ1) is 25.7. The molecule has 0 unspecified atom stereocenters. The molecule has 0 saturated heterocycles. The molecule has 0 fully saturated rings. The Balaban J connectivity index is 0.000000208. The van der Waals surface area contributed by atoms with E-state index in [1.54, 1.807) is 30.3 Å². The highest BCUT2D eigenvalue weighted by molar-refractivity contribution is 6.24. The minimum atomic E-state index is -0.708. The van der Waals surface area contributed by atoms with Crippen molar-refractivity contribution in [1.29, 1.82) is 0 Å². The van der Waals surface area contributed by atoms with Gasteiger partial charge in [-0.25, -0.2) is 9.59 Å². The molecule has 0 radical (unpaired) electrons. The van der Waals surface area contributed by atoms with Gasteiger partial charge in [0.15, 0.2) is 5.69 Å². The molecule has 0 spiro atoms. The van der Waals surface area contributed by atoms with Crippen molar-refractivity contribution in [3.05, 3.63) is 106 Å². The number of rotatable bonds is 6. The molecule has 4 aromatic rings. The Morgan fingerprint density at radius 3 is 1.60 bits per heavy atom. The molecule has 19 nitrogen and oxygen atoms in total. The van der Waals surface area contributed by atoms with Crippen LogP contribution in [0.15, 0.2) is 71.9 Å². The maximum absolute atomic E-state index is 12.7. The number of nitrogen functional groups attached to an aromatic ring is 3. The summed E-state index contributed by atoms with van der Waals surface area (Å²) in [5, 5.41) is 7.88. The molecule has 4 heterocycles. The van der Waals surface area contributed by atoms with E-state index in [-0.39, 0.29) is 75.8 Å². The molecule has 6 N–H and O–H groups in total. The third-order valence-corrected chi connectivity index (χ3v) is 8.61. The second-order valence-electron chi connectivity index (χ2n) is 13.6. The molecule has 4 amide bonds. The van der Waals surface area contributed by atoms with E-state index in [9.17, 15) is 38.4 Å². The maximum atomic E-state index is 12.7. The van der Waals surface area contributed by atoms with E-state index in [4.69, 9.17) is 17.2 Å². The number of azo groups is 1. The molecule has 0 aliphatic carbocycles. The predicted octanol–water partition coefficient (Wildman–Crippen LogP) is 1.52. The van der Waals surface area contributed by atoms with Crippen LogP contribution in [-0.4, -0.2) is 64.8 Å². The molecule has 290 valence electrons. The van der Waals surface area contributed by atoms with Crippen LogP contribution in [-0.2, 0) is 28.2 Å². The first-order valence-corrected chi connectivity index (χ1v) is 16.9. The van der Waals surface area contributed by atoms with Gasteiger partial charge in [-0.2, -0.15) is 0 Å². The summed E-state index contributed by atoms with van der Waals surface area (Å²) >= 11 is 0. The lowest BCUT2D eigenvalue weighted by atomic mass is 10.1. The average Bonchev–Trinajstić information content (AvgIpc) is 3.52. The third-order valence-electron chi connectivity index (χ3n) is 8.61. The number of benzene rings is 2. The number of nitrogens with two attached hydrogens (primary N) is 3. The summed E-state index contributed by atoms with van der Waals surface area (Å²) in [4.78, 5) is 97.7. The summed E-state index contributed by atoms with van der Waals surface area (Å²) in [5.74, 6) is -0.948. The first kappa shape index (κ1) is 40.8. The summed E-state index contributed by atoms with van der Waals surface area (Å²) in [6, 6.07) is 10.8. The highest BCUT2D eigenvalue weighted by Crippen LogP contribution is 2.33. The Kier molecular flexibility index (Phi) is 11.9. The van der Waals surface area contributed by atoms with Gasteiger partial charge in [0.2, 0.25) is 0 Å². The van der Waals surface area contributed by atoms with E-state index in [0.29, 0.717) is 23.4 Å². The fourth-order valence-corrected chi connectivity index (χ4v) is 5.61. The lowest BCUT2D eigenvalue weighted by Crippen LogP contribution is -2.37. The van der Waals surface area contributed by atoms with Crippen molar-refractivity contribution >= 4 is 52.3 Å². The molecular formula is C36H43N11O8. The maximum Gasteiger partial charge on any atom is 0.332 e. The number of nitrogens with zero attached hydrogens (tertiary/aromatic N) is 8. The number of hydrogen-bond acceptors (Lipinski definition) is 13. The quantitative estimate of drug-likeness (QED) is 0.144. The van der Waals surface area contributed by atoms with Crippen LogP contribution in [0.25, 0.3) is 0 Å². The SMILES string of the molecule is CC(C)CN1C(=O)c2cccc(N)c2C1=O.CC(C)CN1C(=O)c2cccc(N=Nc3c(N)n(C)c(=O)n(C)c3=O)c2C1=O.Cn1c(N)cc(=O)n(C)c1=O. The number of carbonyl (C=O) groups is 4. The zero-order chi connectivity index (χ0) is 41.2. The van der Waals surface area contributed by atoms with Gasteiger partial charge in [-0.15, -0.1) is 10.2 Å². The second-order valence-corrected chi connectivity index (χ2v) is 13.6. The Morgan fingerprint density at radius 1 is 0.582 bits per heavy atom. The van der Waals surface area contributed by atoms with Crippen LogP contribution in [0.3, 0.4) is 0 Å². The molecule has 2 aliphatic heterocycles. The third kappa shape index (κ3) is 7.90. The molecule has 2 aromatic heterocycles. The summed E-state index contributed by atoms with van der Waals surface area (Å²) < 4.78 is 4.14. The zero-order valence-corrected chi connectivity index (χ0v) is 31.7. The average molecular weight is 758 g/mol. The van der Waals surface area contributed by atoms with E-state index in [2.05, 4.69) is 10.2 Å². The van der Waals surface area contributed by atoms with E-state index in [1.165, 1.54) is 54.7 Å². The van der Waals surface area contributed by atoms with Gasteiger partial charge in [-0.3, -0.25) is 56.8 Å². The molecule has 2 aromatic carbocycles. The molecular weight excluding hydrogens is 714 g/mol. The van der Waals surface area contributed by atoms with Gasteiger partial charge >= 0.3 is 11.4 Å². The lowest BCUT2D eigenvalue weighted by molar-refractivity contribution is 0.0621. The number of imide groups is 2. The minimum Gasteiger partial charge on any atom is -0.398 e. The van der Waals surface area contributed by atoms with Gasteiger partial charge in [0.1, 0.15) is 11.6 Å². The van der Waals surface area contributed by atoms with E-state index < -0.39 is 22.8 Å². The van der Waals surface area contributed by atoms with Gasteiger partial charge in [0.25, 0.3) is 34.7 Å². The Hall–Kier alpha value is -6.92. The Labute approximate surface area is 313 Å². The van der Waals surface area contributed by atoms with Crippen molar-refractivity contribution in [3.63, 3.8) is 0 Å². The van der Waals surface area contributed by atoms with Crippen molar-refractivity contribution in [2.45, 2.75) is 27.7 Å².